The summed E-state index contributed by atoms with van der Waals surface area (Å²) in [7, 11) is -2.37. The number of hydrogen-bond donors (Lipinski definition) is 2. The Bertz CT molecular complexity index is 908. The van der Waals surface area contributed by atoms with E-state index < -0.39 is 21.9 Å². The summed E-state index contributed by atoms with van der Waals surface area (Å²) >= 11 is 0. The molecule has 0 heterocycles. The smallest absolute Gasteiger partial charge is 0.337 e. The Morgan fingerprint density at radius 2 is 1.74 bits per heavy atom. The van der Waals surface area contributed by atoms with Crippen LogP contribution in [0.1, 0.15) is 40.5 Å². The highest BCUT2D eigenvalue weighted by Gasteiger charge is 2.16. The molecule has 0 aliphatic rings. The van der Waals surface area contributed by atoms with Crippen LogP contribution in [0.4, 0.5) is 5.69 Å². The molecule has 27 heavy (non-hydrogen) atoms. The van der Waals surface area contributed by atoms with E-state index in [1.807, 2.05) is 6.92 Å². The monoisotopic (exact) mass is 390 g/mol. The first-order valence-electron chi connectivity index (χ1n) is 8.47. The highest BCUT2D eigenvalue weighted by Crippen LogP contribution is 2.15. The number of sulfonamides is 1. The maximum absolute atomic E-state index is 12.4. The van der Waals surface area contributed by atoms with Crippen LogP contribution in [0.15, 0.2) is 53.4 Å². The number of ether oxygens (including phenoxy) is 1. The zero-order chi connectivity index (χ0) is 19.9. The van der Waals surface area contributed by atoms with Gasteiger partial charge in [-0.15, -0.1) is 0 Å². The summed E-state index contributed by atoms with van der Waals surface area (Å²) < 4.78 is 31.7. The number of unbranched alkanes of at least 4 members (excludes halogenated alkanes) is 1. The van der Waals surface area contributed by atoms with Crippen LogP contribution in [0.2, 0.25) is 0 Å². The molecule has 0 aliphatic heterocycles. The number of esters is 1. The number of nitrogens with one attached hydrogen (secondary N) is 2. The SMILES string of the molecule is CCCCNS(=O)(=O)c1cccc(C(=O)Nc2ccc(C(=O)OC)cc2)c1. The molecule has 0 bridgehead atoms. The lowest BCUT2D eigenvalue weighted by molar-refractivity contribution is 0.0600. The Morgan fingerprint density at radius 1 is 1.04 bits per heavy atom. The number of anilines is 1. The molecule has 0 radical (unpaired) electrons. The van der Waals surface area contributed by atoms with E-state index in [9.17, 15) is 18.0 Å². The molecule has 0 saturated carbocycles. The number of amides is 1. The minimum Gasteiger partial charge on any atom is -0.465 e. The second kappa shape index (κ2) is 9.29. The van der Waals surface area contributed by atoms with Crippen molar-refractivity contribution >= 4 is 27.6 Å². The van der Waals surface area contributed by atoms with Gasteiger partial charge in [-0.05, 0) is 48.9 Å². The van der Waals surface area contributed by atoms with Gasteiger partial charge in [-0.25, -0.2) is 17.9 Å². The number of benzene rings is 2. The Labute approximate surface area is 158 Å². The van der Waals surface area contributed by atoms with Crippen molar-refractivity contribution in [2.75, 3.05) is 19.0 Å². The number of carbonyl (C=O) groups is 2. The van der Waals surface area contributed by atoms with Gasteiger partial charge < -0.3 is 10.1 Å². The maximum atomic E-state index is 12.4. The average Bonchev–Trinajstić information content (AvgIpc) is 2.68. The molecule has 2 aromatic carbocycles. The van der Waals surface area contributed by atoms with Crippen molar-refractivity contribution in [3.05, 3.63) is 59.7 Å². The zero-order valence-electron chi connectivity index (χ0n) is 15.2. The molecule has 2 rings (SSSR count). The number of methoxy groups -OCH3 is 1. The fraction of sp³-hybridized carbons (Fsp3) is 0.263. The fourth-order valence-corrected chi connectivity index (χ4v) is 3.40. The molecule has 0 atom stereocenters. The van der Waals surface area contributed by atoms with Gasteiger partial charge in [0.1, 0.15) is 0 Å². The van der Waals surface area contributed by atoms with Crippen LogP contribution >= 0.6 is 0 Å². The first kappa shape index (κ1) is 20.6. The van der Waals surface area contributed by atoms with E-state index >= 15 is 0 Å². The maximum Gasteiger partial charge on any atom is 0.337 e. The molecule has 0 spiro atoms. The lowest BCUT2D eigenvalue weighted by Gasteiger charge is -2.09. The van der Waals surface area contributed by atoms with Gasteiger partial charge in [-0.2, -0.15) is 0 Å². The third-order valence-corrected chi connectivity index (χ3v) is 5.25. The predicted molar refractivity (Wildman–Crippen MR) is 102 cm³/mol. The average molecular weight is 390 g/mol. The van der Waals surface area contributed by atoms with Crippen LogP contribution in [0.25, 0.3) is 0 Å². The molecule has 0 saturated heterocycles. The summed E-state index contributed by atoms with van der Waals surface area (Å²) in [5.41, 5.74) is 1.05. The van der Waals surface area contributed by atoms with E-state index in [0.717, 1.165) is 12.8 Å². The fourth-order valence-electron chi connectivity index (χ4n) is 2.28. The number of rotatable bonds is 8. The Balaban J connectivity index is 2.12. The van der Waals surface area contributed by atoms with Crippen molar-refractivity contribution < 1.29 is 22.7 Å². The van der Waals surface area contributed by atoms with E-state index in [-0.39, 0.29) is 10.5 Å². The summed E-state index contributed by atoms with van der Waals surface area (Å²) in [4.78, 5) is 23.9. The molecule has 7 nitrogen and oxygen atoms in total. The number of hydrogen-bond acceptors (Lipinski definition) is 5. The molecule has 0 fully saturated rings. The molecule has 8 heteroatoms. The second-order valence-corrected chi connectivity index (χ2v) is 7.57. The summed E-state index contributed by atoms with van der Waals surface area (Å²) in [5.74, 6) is -0.923. The van der Waals surface area contributed by atoms with Gasteiger partial charge in [-0.3, -0.25) is 4.79 Å². The van der Waals surface area contributed by atoms with Crippen LogP contribution in [-0.4, -0.2) is 33.9 Å². The molecule has 2 N–H and O–H groups in total. The zero-order valence-corrected chi connectivity index (χ0v) is 16.0. The molecule has 0 aliphatic carbocycles. The normalized spacial score (nSPS) is 11.0. The summed E-state index contributed by atoms with van der Waals surface area (Å²) in [5, 5.41) is 2.67. The summed E-state index contributed by atoms with van der Waals surface area (Å²) in [6.07, 6.45) is 1.61. The van der Waals surface area contributed by atoms with Gasteiger partial charge in [-0.1, -0.05) is 19.4 Å². The van der Waals surface area contributed by atoms with Crippen molar-refractivity contribution in [3.8, 4) is 0 Å². The summed E-state index contributed by atoms with van der Waals surface area (Å²) in [6.45, 7) is 2.32. The van der Waals surface area contributed by atoms with Gasteiger partial charge in [0.05, 0.1) is 17.6 Å². The van der Waals surface area contributed by atoms with E-state index in [1.165, 1.54) is 43.5 Å². The minimum absolute atomic E-state index is 0.0345. The van der Waals surface area contributed by atoms with Gasteiger partial charge >= 0.3 is 5.97 Å². The Morgan fingerprint density at radius 3 is 2.37 bits per heavy atom. The van der Waals surface area contributed by atoms with Crippen LogP contribution in [0, 0.1) is 0 Å². The van der Waals surface area contributed by atoms with Crippen molar-refractivity contribution in [1.29, 1.82) is 0 Å². The third-order valence-electron chi connectivity index (χ3n) is 3.79. The van der Waals surface area contributed by atoms with Crippen LogP contribution in [-0.2, 0) is 14.8 Å². The molecule has 0 aromatic heterocycles. The van der Waals surface area contributed by atoms with E-state index in [0.29, 0.717) is 17.8 Å². The van der Waals surface area contributed by atoms with Gasteiger partial charge in [0, 0.05) is 17.8 Å². The first-order chi connectivity index (χ1) is 12.9. The van der Waals surface area contributed by atoms with E-state index in [1.54, 1.807) is 12.1 Å². The molecular weight excluding hydrogens is 368 g/mol. The van der Waals surface area contributed by atoms with E-state index in [2.05, 4.69) is 14.8 Å². The third kappa shape index (κ3) is 5.63. The molecule has 144 valence electrons. The predicted octanol–water partition coefficient (Wildman–Crippen LogP) is 2.80. The van der Waals surface area contributed by atoms with Crippen LogP contribution in [0.3, 0.4) is 0 Å². The summed E-state index contributed by atoms with van der Waals surface area (Å²) in [6, 6.07) is 12.0. The molecule has 2 aromatic rings. The number of carbonyl (C=O) groups excluding carboxylic acids is 2. The highest BCUT2D eigenvalue weighted by molar-refractivity contribution is 7.89. The first-order valence-corrected chi connectivity index (χ1v) is 9.95. The Kier molecular flexibility index (Phi) is 7.09. The van der Waals surface area contributed by atoms with Gasteiger partial charge in [0.15, 0.2) is 0 Å². The van der Waals surface area contributed by atoms with E-state index in [4.69, 9.17) is 0 Å². The minimum atomic E-state index is -3.66. The van der Waals surface area contributed by atoms with Gasteiger partial charge in [0.25, 0.3) is 5.91 Å². The van der Waals surface area contributed by atoms with Crippen molar-refractivity contribution in [2.45, 2.75) is 24.7 Å². The van der Waals surface area contributed by atoms with Crippen LogP contribution in [0.5, 0.6) is 0 Å². The molecule has 1 amide bonds. The molecule has 0 unspecified atom stereocenters. The second-order valence-electron chi connectivity index (χ2n) is 5.80. The topological polar surface area (TPSA) is 102 Å². The van der Waals surface area contributed by atoms with Crippen molar-refractivity contribution in [3.63, 3.8) is 0 Å². The van der Waals surface area contributed by atoms with Crippen LogP contribution < -0.4 is 10.0 Å². The molecular formula is C19H22N2O5S. The Hall–Kier alpha value is -2.71. The quantitative estimate of drug-likeness (QED) is 0.533. The van der Waals surface area contributed by atoms with Gasteiger partial charge in [0.2, 0.25) is 10.0 Å². The lowest BCUT2D eigenvalue weighted by Crippen LogP contribution is -2.25. The largest absolute Gasteiger partial charge is 0.465 e. The lowest BCUT2D eigenvalue weighted by atomic mass is 10.2. The van der Waals surface area contributed by atoms with Crippen molar-refractivity contribution in [2.24, 2.45) is 0 Å². The van der Waals surface area contributed by atoms with Crippen molar-refractivity contribution in [1.82, 2.24) is 4.72 Å². The highest BCUT2D eigenvalue weighted by atomic mass is 32.2. The standard InChI is InChI=1S/C19H22N2O5S/c1-3-4-12-20-27(24,25)17-7-5-6-15(13-17)18(22)21-16-10-8-14(9-11-16)19(23)26-2/h5-11,13,20H,3-4,12H2,1-2H3,(H,21,22).